The smallest absolute Gasteiger partial charge is 0.228 e. The SMILES string of the molecule is C/C=C\OC1CC(=O)N1. The number of amides is 1. The number of hydrogen-bond acceptors (Lipinski definition) is 2. The number of allylic oxidation sites excluding steroid dienone is 1. The zero-order chi connectivity index (χ0) is 6.69. The van der Waals surface area contributed by atoms with E-state index in [-0.39, 0.29) is 12.1 Å². The van der Waals surface area contributed by atoms with Crippen molar-refractivity contribution in [2.75, 3.05) is 0 Å². The maximum absolute atomic E-state index is 10.3. The first-order valence-electron chi connectivity index (χ1n) is 2.89. The van der Waals surface area contributed by atoms with E-state index in [0.717, 1.165) is 0 Å². The average Bonchev–Trinajstić information content (AvgIpc) is 1.78. The van der Waals surface area contributed by atoms with E-state index in [0.29, 0.717) is 6.42 Å². The van der Waals surface area contributed by atoms with Crippen molar-refractivity contribution >= 4 is 5.91 Å². The topological polar surface area (TPSA) is 38.3 Å². The van der Waals surface area contributed by atoms with Crippen LogP contribution in [-0.2, 0) is 9.53 Å². The predicted molar refractivity (Wildman–Crippen MR) is 32.4 cm³/mol. The molecule has 0 saturated carbocycles. The summed E-state index contributed by atoms with van der Waals surface area (Å²) >= 11 is 0. The zero-order valence-corrected chi connectivity index (χ0v) is 5.26. The number of rotatable bonds is 2. The molecule has 0 aliphatic carbocycles. The van der Waals surface area contributed by atoms with Crippen molar-refractivity contribution in [2.24, 2.45) is 0 Å². The highest BCUT2D eigenvalue weighted by Gasteiger charge is 2.25. The Kier molecular flexibility index (Phi) is 1.72. The summed E-state index contributed by atoms with van der Waals surface area (Å²) in [4.78, 5) is 10.3. The van der Waals surface area contributed by atoms with E-state index in [4.69, 9.17) is 4.74 Å². The number of carbonyl (C=O) groups is 1. The molecule has 0 aromatic heterocycles. The van der Waals surface area contributed by atoms with Crippen LogP contribution in [0.3, 0.4) is 0 Å². The van der Waals surface area contributed by atoms with Crippen LogP contribution in [0.1, 0.15) is 13.3 Å². The van der Waals surface area contributed by atoms with Gasteiger partial charge in [0.15, 0.2) is 6.23 Å². The molecule has 0 aromatic rings. The molecular weight excluding hydrogens is 118 g/mol. The van der Waals surface area contributed by atoms with Crippen LogP contribution in [0.2, 0.25) is 0 Å². The van der Waals surface area contributed by atoms with E-state index in [1.54, 1.807) is 12.3 Å². The third-order valence-electron chi connectivity index (χ3n) is 1.07. The Labute approximate surface area is 53.7 Å². The van der Waals surface area contributed by atoms with E-state index >= 15 is 0 Å². The van der Waals surface area contributed by atoms with E-state index in [1.807, 2.05) is 6.92 Å². The lowest BCUT2D eigenvalue weighted by Crippen LogP contribution is -2.49. The fourth-order valence-electron chi connectivity index (χ4n) is 0.582. The minimum absolute atomic E-state index is 0.0597. The number of nitrogens with one attached hydrogen (secondary N) is 1. The van der Waals surface area contributed by atoms with Crippen molar-refractivity contribution in [3.05, 3.63) is 12.3 Å². The molecule has 0 spiro atoms. The summed E-state index contributed by atoms with van der Waals surface area (Å²) in [5.41, 5.74) is 0. The molecule has 1 saturated heterocycles. The Balaban J connectivity index is 2.10. The normalized spacial score (nSPS) is 25.4. The second-order valence-electron chi connectivity index (χ2n) is 1.87. The van der Waals surface area contributed by atoms with Crippen molar-refractivity contribution in [3.63, 3.8) is 0 Å². The highest BCUT2D eigenvalue weighted by Crippen LogP contribution is 2.04. The van der Waals surface area contributed by atoms with E-state index < -0.39 is 0 Å². The summed E-state index contributed by atoms with van der Waals surface area (Å²) in [5.74, 6) is 0.0597. The van der Waals surface area contributed by atoms with Gasteiger partial charge in [-0.3, -0.25) is 4.79 Å². The summed E-state index contributed by atoms with van der Waals surface area (Å²) in [7, 11) is 0. The Hall–Kier alpha value is -0.990. The lowest BCUT2D eigenvalue weighted by Gasteiger charge is -2.25. The summed E-state index contributed by atoms with van der Waals surface area (Å²) in [5, 5.41) is 2.57. The van der Waals surface area contributed by atoms with Gasteiger partial charge in [0.1, 0.15) is 0 Å². The Morgan fingerprint density at radius 1 is 1.89 bits per heavy atom. The molecule has 0 radical (unpaired) electrons. The third kappa shape index (κ3) is 1.45. The molecular formula is C6H9NO2. The maximum atomic E-state index is 10.3. The van der Waals surface area contributed by atoms with Crippen molar-refractivity contribution < 1.29 is 9.53 Å². The molecule has 1 heterocycles. The molecule has 1 amide bonds. The van der Waals surface area contributed by atoms with Gasteiger partial charge in [-0.15, -0.1) is 0 Å². The molecule has 1 unspecified atom stereocenters. The quantitative estimate of drug-likeness (QED) is 0.430. The Morgan fingerprint density at radius 2 is 2.56 bits per heavy atom. The van der Waals surface area contributed by atoms with Crippen LogP contribution in [0.5, 0.6) is 0 Å². The molecule has 3 nitrogen and oxygen atoms in total. The molecule has 1 atom stereocenters. The summed E-state index contributed by atoms with van der Waals surface area (Å²) < 4.78 is 4.99. The second-order valence-corrected chi connectivity index (χ2v) is 1.87. The van der Waals surface area contributed by atoms with Crippen molar-refractivity contribution in [1.82, 2.24) is 5.32 Å². The standard InChI is InChI=1S/C6H9NO2/c1-2-3-9-6-4-5(8)7-6/h2-3,6H,4H2,1H3,(H,7,8)/b3-2-. The van der Waals surface area contributed by atoms with Gasteiger partial charge in [0.2, 0.25) is 5.91 Å². The maximum Gasteiger partial charge on any atom is 0.228 e. The fraction of sp³-hybridized carbons (Fsp3) is 0.500. The predicted octanol–water partition coefficient (Wildman–Crippen LogP) is 0.383. The first kappa shape index (κ1) is 6.13. The van der Waals surface area contributed by atoms with Crippen molar-refractivity contribution in [2.45, 2.75) is 19.6 Å². The zero-order valence-electron chi connectivity index (χ0n) is 5.26. The van der Waals surface area contributed by atoms with Gasteiger partial charge in [-0.05, 0) is 6.92 Å². The monoisotopic (exact) mass is 127 g/mol. The second kappa shape index (κ2) is 2.53. The molecule has 0 bridgehead atoms. The minimum atomic E-state index is -0.0753. The van der Waals surface area contributed by atoms with Gasteiger partial charge in [-0.25, -0.2) is 0 Å². The summed E-state index contributed by atoms with van der Waals surface area (Å²) in [6.45, 7) is 1.86. The summed E-state index contributed by atoms with van der Waals surface area (Å²) in [6.07, 6.45) is 3.77. The number of β-lactam (4-membered cyclic amide) rings is 1. The van der Waals surface area contributed by atoms with Crippen LogP contribution >= 0.6 is 0 Å². The molecule has 0 aromatic carbocycles. The third-order valence-corrected chi connectivity index (χ3v) is 1.07. The van der Waals surface area contributed by atoms with Gasteiger partial charge in [-0.2, -0.15) is 0 Å². The molecule has 9 heavy (non-hydrogen) atoms. The number of hydrogen-bond donors (Lipinski definition) is 1. The molecule has 1 aliphatic heterocycles. The highest BCUT2D eigenvalue weighted by molar-refractivity contribution is 5.82. The van der Waals surface area contributed by atoms with Gasteiger partial charge >= 0.3 is 0 Å². The highest BCUT2D eigenvalue weighted by atomic mass is 16.5. The molecule has 1 fully saturated rings. The van der Waals surface area contributed by atoms with Crippen LogP contribution in [0.25, 0.3) is 0 Å². The number of carbonyl (C=O) groups excluding carboxylic acids is 1. The van der Waals surface area contributed by atoms with Crippen molar-refractivity contribution in [3.8, 4) is 0 Å². The van der Waals surface area contributed by atoms with Crippen LogP contribution in [0.15, 0.2) is 12.3 Å². The molecule has 1 N–H and O–H groups in total. The average molecular weight is 127 g/mol. The fourth-order valence-corrected chi connectivity index (χ4v) is 0.582. The van der Waals surface area contributed by atoms with E-state index in [9.17, 15) is 4.79 Å². The lowest BCUT2D eigenvalue weighted by atomic mass is 10.2. The number of ether oxygens (including phenoxy) is 1. The molecule has 50 valence electrons. The van der Waals surface area contributed by atoms with Gasteiger partial charge in [0, 0.05) is 0 Å². The van der Waals surface area contributed by atoms with Crippen LogP contribution < -0.4 is 5.32 Å². The van der Waals surface area contributed by atoms with Gasteiger partial charge in [-0.1, -0.05) is 6.08 Å². The summed E-state index contributed by atoms with van der Waals surface area (Å²) in [6, 6.07) is 0. The first-order chi connectivity index (χ1) is 4.33. The van der Waals surface area contributed by atoms with Crippen molar-refractivity contribution in [1.29, 1.82) is 0 Å². The lowest BCUT2D eigenvalue weighted by molar-refractivity contribution is -0.136. The Morgan fingerprint density at radius 3 is 3.00 bits per heavy atom. The first-order valence-corrected chi connectivity index (χ1v) is 2.89. The van der Waals surface area contributed by atoms with Gasteiger partial charge in [0.05, 0.1) is 12.7 Å². The van der Waals surface area contributed by atoms with Gasteiger partial charge in [0.25, 0.3) is 0 Å². The van der Waals surface area contributed by atoms with Crippen LogP contribution in [0, 0.1) is 0 Å². The molecule has 3 heteroatoms. The van der Waals surface area contributed by atoms with E-state index in [2.05, 4.69) is 5.32 Å². The largest absolute Gasteiger partial charge is 0.478 e. The van der Waals surface area contributed by atoms with E-state index in [1.165, 1.54) is 0 Å². The molecule has 1 rings (SSSR count). The van der Waals surface area contributed by atoms with Crippen LogP contribution in [-0.4, -0.2) is 12.1 Å². The minimum Gasteiger partial charge on any atom is -0.478 e. The van der Waals surface area contributed by atoms with Crippen LogP contribution in [0.4, 0.5) is 0 Å². The Bertz CT molecular complexity index is 134. The molecule has 1 aliphatic rings. The van der Waals surface area contributed by atoms with Gasteiger partial charge < -0.3 is 10.1 Å².